The van der Waals surface area contributed by atoms with E-state index in [1.165, 1.54) is 51.0 Å². The third-order valence-electron chi connectivity index (χ3n) is 5.40. The number of aryl methyl sites for hydroxylation is 1. The van der Waals surface area contributed by atoms with Gasteiger partial charge in [-0.05, 0) is 18.6 Å². The zero-order valence-corrected chi connectivity index (χ0v) is 19.3. The lowest BCUT2D eigenvalue weighted by atomic mass is 10.0. The first-order chi connectivity index (χ1) is 16.0. The van der Waals surface area contributed by atoms with Crippen molar-refractivity contribution in [2.24, 2.45) is 0 Å². The summed E-state index contributed by atoms with van der Waals surface area (Å²) in [6, 6.07) is 3.66. The maximum atomic E-state index is 12.7. The highest BCUT2D eigenvalue weighted by Gasteiger charge is 2.19. The molecule has 0 fully saturated rings. The minimum absolute atomic E-state index is 0.0198. The van der Waals surface area contributed by atoms with E-state index in [0.29, 0.717) is 18.5 Å². The average Bonchev–Trinajstić information content (AvgIpc) is 2.79. The van der Waals surface area contributed by atoms with Crippen LogP contribution in [0.25, 0.3) is 11.3 Å². The SMILES string of the molecule is CCCCCCCCCCCCc1cc(=O)c(ONCC=O)c(-c2cc(O)c(O)c(O)c2)o1. The number of hydroxylamine groups is 1. The van der Waals surface area contributed by atoms with Crippen LogP contribution >= 0.6 is 0 Å². The lowest BCUT2D eigenvalue weighted by molar-refractivity contribution is -0.108. The Morgan fingerprint density at radius 1 is 0.909 bits per heavy atom. The van der Waals surface area contributed by atoms with Gasteiger partial charge in [0.2, 0.25) is 11.2 Å². The van der Waals surface area contributed by atoms with Crippen molar-refractivity contribution in [3.05, 3.63) is 34.2 Å². The summed E-state index contributed by atoms with van der Waals surface area (Å²) < 4.78 is 5.88. The van der Waals surface area contributed by atoms with Gasteiger partial charge in [0.1, 0.15) is 12.0 Å². The molecule has 0 aliphatic carbocycles. The lowest BCUT2D eigenvalue weighted by Crippen LogP contribution is -2.24. The summed E-state index contributed by atoms with van der Waals surface area (Å²) in [4.78, 5) is 28.4. The smallest absolute Gasteiger partial charge is 0.237 e. The Balaban J connectivity index is 2.04. The Morgan fingerprint density at radius 2 is 1.48 bits per heavy atom. The molecule has 0 saturated carbocycles. The molecular weight excluding hydrogens is 426 g/mol. The second-order valence-electron chi connectivity index (χ2n) is 8.15. The molecule has 0 spiro atoms. The van der Waals surface area contributed by atoms with Gasteiger partial charge in [0.15, 0.2) is 23.0 Å². The summed E-state index contributed by atoms with van der Waals surface area (Å²) in [7, 11) is 0. The van der Waals surface area contributed by atoms with E-state index in [0.717, 1.165) is 31.4 Å². The first-order valence-electron chi connectivity index (χ1n) is 11.7. The minimum Gasteiger partial charge on any atom is -0.504 e. The number of hydrogen-bond donors (Lipinski definition) is 4. The summed E-state index contributed by atoms with van der Waals surface area (Å²) >= 11 is 0. The number of carbonyl (C=O) groups excluding carboxylic acids is 1. The van der Waals surface area contributed by atoms with Crippen LogP contribution in [0.15, 0.2) is 27.4 Å². The van der Waals surface area contributed by atoms with E-state index >= 15 is 0 Å². The molecule has 8 heteroatoms. The van der Waals surface area contributed by atoms with Gasteiger partial charge in [-0.25, -0.2) is 0 Å². The van der Waals surface area contributed by atoms with Crippen LogP contribution in [-0.2, 0) is 11.2 Å². The Kier molecular flexibility index (Phi) is 11.3. The van der Waals surface area contributed by atoms with Crippen LogP contribution in [-0.4, -0.2) is 28.2 Å². The molecule has 0 aliphatic rings. The molecule has 0 radical (unpaired) electrons. The molecule has 2 aromatic rings. The Bertz CT molecular complexity index is 916. The number of aldehydes is 1. The highest BCUT2D eigenvalue weighted by molar-refractivity contribution is 5.70. The predicted molar refractivity (Wildman–Crippen MR) is 126 cm³/mol. The molecule has 0 unspecified atom stereocenters. The van der Waals surface area contributed by atoms with Crippen LogP contribution in [0.5, 0.6) is 23.0 Å². The van der Waals surface area contributed by atoms with Crippen molar-refractivity contribution in [1.82, 2.24) is 5.48 Å². The number of benzene rings is 1. The summed E-state index contributed by atoms with van der Waals surface area (Å²) in [5, 5.41) is 29.3. The van der Waals surface area contributed by atoms with Crippen molar-refractivity contribution in [1.29, 1.82) is 0 Å². The fourth-order valence-electron chi connectivity index (χ4n) is 3.61. The second-order valence-corrected chi connectivity index (χ2v) is 8.15. The minimum atomic E-state index is -0.677. The highest BCUT2D eigenvalue weighted by Crippen LogP contribution is 2.40. The van der Waals surface area contributed by atoms with Crippen LogP contribution in [0.4, 0.5) is 0 Å². The van der Waals surface area contributed by atoms with Gasteiger partial charge < -0.3 is 29.4 Å². The first-order valence-corrected chi connectivity index (χ1v) is 11.7. The number of rotatable bonds is 16. The van der Waals surface area contributed by atoms with Crippen molar-refractivity contribution >= 4 is 6.29 Å². The normalized spacial score (nSPS) is 10.9. The molecule has 1 heterocycles. The van der Waals surface area contributed by atoms with Crippen LogP contribution in [0.2, 0.25) is 0 Å². The van der Waals surface area contributed by atoms with Gasteiger partial charge in [-0.3, -0.25) is 4.79 Å². The van der Waals surface area contributed by atoms with Crippen LogP contribution in [0, 0.1) is 0 Å². The van der Waals surface area contributed by atoms with Crippen LogP contribution in [0.3, 0.4) is 0 Å². The van der Waals surface area contributed by atoms with Gasteiger partial charge in [-0.1, -0.05) is 64.7 Å². The van der Waals surface area contributed by atoms with Crippen molar-refractivity contribution in [3.8, 4) is 34.3 Å². The summed E-state index contributed by atoms with van der Waals surface area (Å²) in [5.41, 5.74) is 2.03. The fourth-order valence-corrected chi connectivity index (χ4v) is 3.61. The number of hydrogen-bond acceptors (Lipinski definition) is 8. The van der Waals surface area contributed by atoms with E-state index in [4.69, 9.17) is 9.25 Å². The maximum Gasteiger partial charge on any atom is 0.237 e. The van der Waals surface area contributed by atoms with E-state index in [9.17, 15) is 24.9 Å². The van der Waals surface area contributed by atoms with Gasteiger partial charge in [-0.15, -0.1) is 5.48 Å². The molecule has 2 rings (SSSR count). The molecule has 1 aromatic heterocycles. The molecule has 0 bridgehead atoms. The third-order valence-corrected chi connectivity index (χ3v) is 5.40. The fraction of sp³-hybridized carbons (Fsp3) is 0.520. The standard InChI is InChI=1S/C25H35NO7/c1-2-3-4-5-6-7-8-9-10-11-12-19-17-22(30)25(33-26-13-14-27)24(32-19)18-15-20(28)23(31)21(29)16-18/h14-17,26,28-29,31H,2-13H2,1H3. The predicted octanol–water partition coefficient (Wildman–Crippen LogP) is 4.97. The summed E-state index contributed by atoms with van der Waals surface area (Å²) in [6.07, 6.45) is 13.0. The van der Waals surface area contributed by atoms with Crippen LogP contribution < -0.4 is 15.7 Å². The van der Waals surface area contributed by atoms with Gasteiger partial charge in [0, 0.05) is 18.1 Å². The summed E-state index contributed by atoms with van der Waals surface area (Å²) in [6.45, 7) is 2.07. The molecule has 1 aromatic carbocycles. The van der Waals surface area contributed by atoms with Crippen LogP contribution in [0.1, 0.15) is 76.9 Å². The Morgan fingerprint density at radius 3 is 2.06 bits per heavy atom. The molecule has 0 aliphatic heterocycles. The molecule has 0 amide bonds. The van der Waals surface area contributed by atoms with E-state index in [2.05, 4.69) is 12.4 Å². The number of phenols is 3. The van der Waals surface area contributed by atoms with Crippen molar-refractivity contribution in [2.75, 3.05) is 6.54 Å². The topological polar surface area (TPSA) is 129 Å². The number of carbonyl (C=O) groups is 1. The van der Waals surface area contributed by atoms with Gasteiger partial charge in [0.05, 0.1) is 6.54 Å². The first kappa shape index (κ1) is 26.3. The molecule has 8 nitrogen and oxygen atoms in total. The zero-order valence-electron chi connectivity index (χ0n) is 19.3. The van der Waals surface area contributed by atoms with Gasteiger partial charge >= 0.3 is 0 Å². The van der Waals surface area contributed by atoms with E-state index in [1.807, 2.05) is 0 Å². The molecular formula is C25H35NO7. The van der Waals surface area contributed by atoms with E-state index in [-0.39, 0.29) is 23.6 Å². The Labute approximate surface area is 194 Å². The molecule has 4 N–H and O–H groups in total. The monoisotopic (exact) mass is 461 g/mol. The number of phenolic OH excluding ortho intramolecular Hbond substituents is 3. The molecule has 33 heavy (non-hydrogen) atoms. The molecule has 182 valence electrons. The quantitative estimate of drug-likeness (QED) is 0.119. The molecule has 0 atom stereocenters. The number of unbranched alkanes of at least 4 members (excludes halogenated alkanes) is 9. The maximum absolute atomic E-state index is 12.7. The third kappa shape index (κ3) is 8.46. The van der Waals surface area contributed by atoms with E-state index in [1.54, 1.807) is 0 Å². The molecule has 0 saturated heterocycles. The Hall–Kier alpha value is -3.00. The number of nitrogens with one attached hydrogen (secondary N) is 1. The lowest BCUT2D eigenvalue weighted by Gasteiger charge is -2.12. The van der Waals surface area contributed by atoms with Crippen molar-refractivity contribution in [3.63, 3.8) is 0 Å². The average molecular weight is 462 g/mol. The van der Waals surface area contributed by atoms with E-state index < -0.39 is 22.7 Å². The van der Waals surface area contributed by atoms with Gasteiger partial charge in [0.25, 0.3) is 0 Å². The number of aromatic hydroxyl groups is 3. The van der Waals surface area contributed by atoms with Crippen molar-refractivity contribution in [2.45, 2.75) is 77.6 Å². The largest absolute Gasteiger partial charge is 0.504 e. The van der Waals surface area contributed by atoms with Gasteiger partial charge in [-0.2, -0.15) is 0 Å². The zero-order chi connectivity index (χ0) is 24.1. The second kappa shape index (κ2) is 14.2. The summed E-state index contributed by atoms with van der Waals surface area (Å²) in [5.74, 6) is -1.60. The highest BCUT2D eigenvalue weighted by atomic mass is 16.7. The van der Waals surface area contributed by atoms with Crippen molar-refractivity contribution < 1.29 is 29.4 Å².